The molecular weight excluding hydrogens is 332 g/mol. The second-order valence-corrected chi connectivity index (χ2v) is 6.61. The van der Waals surface area contributed by atoms with Crippen LogP contribution in [-0.2, 0) is 0 Å². The summed E-state index contributed by atoms with van der Waals surface area (Å²) in [5.41, 5.74) is 1.59. The van der Waals surface area contributed by atoms with Crippen molar-refractivity contribution in [2.24, 2.45) is 0 Å². The van der Waals surface area contributed by atoms with Crippen molar-refractivity contribution in [3.63, 3.8) is 0 Å². The van der Waals surface area contributed by atoms with Gasteiger partial charge in [0.2, 0.25) is 0 Å². The molecule has 0 N–H and O–H groups in total. The maximum Gasteiger partial charge on any atom is 0.254 e. The Labute approximate surface area is 152 Å². The first kappa shape index (κ1) is 16.7. The Hall–Kier alpha value is -2.76. The SMILES string of the molecule is Cc1cc2c(cc1C(=O)N1CCC(Oc3cccnc3)CC1)OCCO2. The number of hydrogen-bond donors (Lipinski definition) is 0. The Morgan fingerprint density at radius 3 is 2.62 bits per heavy atom. The number of nitrogens with zero attached hydrogens (tertiary/aromatic N) is 2. The summed E-state index contributed by atoms with van der Waals surface area (Å²) in [6.07, 6.45) is 5.18. The number of likely N-dealkylation sites (tertiary alicyclic amines) is 1. The van der Waals surface area contributed by atoms with Crippen LogP contribution < -0.4 is 14.2 Å². The first-order chi connectivity index (χ1) is 12.7. The maximum absolute atomic E-state index is 13.0. The van der Waals surface area contributed by atoms with Crippen LogP contribution in [-0.4, -0.2) is 48.2 Å². The van der Waals surface area contributed by atoms with Gasteiger partial charge in [0.1, 0.15) is 25.1 Å². The van der Waals surface area contributed by atoms with Crippen LogP contribution in [0.1, 0.15) is 28.8 Å². The molecule has 2 aliphatic heterocycles. The van der Waals surface area contributed by atoms with Gasteiger partial charge in [-0.3, -0.25) is 9.78 Å². The molecule has 6 nitrogen and oxygen atoms in total. The zero-order valence-electron chi connectivity index (χ0n) is 14.8. The Kier molecular flexibility index (Phi) is 4.65. The van der Waals surface area contributed by atoms with Crippen LogP contribution in [0.3, 0.4) is 0 Å². The van der Waals surface area contributed by atoms with Crippen LogP contribution in [0.2, 0.25) is 0 Å². The molecule has 0 aliphatic carbocycles. The molecule has 1 saturated heterocycles. The number of hydrogen-bond acceptors (Lipinski definition) is 5. The fourth-order valence-electron chi connectivity index (χ4n) is 3.38. The Morgan fingerprint density at radius 2 is 1.92 bits per heavy atom. The molecule has 2 aromatic rings. The van der Waals surface area contributed by atoms with E-state index in [4.69, 9.17) is 14.2 Å². The maximum atomic E-state index is 13.0. The molecule has 2 aliphatic rings. The lowest BCUT2D eigenvalue weighted by atomic mass is 10.0. The summed E-state index contributed by atoms with van der Waals surface area (Å²) in [5, 5.41) is 0. The highest BCUT2D eigenvalue weighted by atomic mass is 16.6. The smallest absolute Gasteiger partial charge is 0.254 e. The van der Waals surface area contributed by atoms with E-state index < -0.39 is 0 Å². The topological polar surface area (TPSA) is 60.9 Å². The van der Waals surface area contributed by atoms with Gasteiger partial charge >= 0.3 is 0 Å². The second-order valence-electron chi connectivity index (χ2n) is 6.61. The lowest BCUT2D eigenvalue weighted by Crippen LogP contribution is -2.42. The van der Waals surface area contributed by atoms with E-state index in [1.54, 1.807) is 12.4 Å². The van der Waals surface area contributed by atoms with Gasteiger partial charge in [-0.05, 0) is 36.8 Å². The van der Waals surface area contributed by atoms with Gasteiger partial charge in [-0.1, -0.05) is 0 Å². The van der Waals surface area contributed by atoms with Crippen LogP contribution in [0, 0.1) is 6.92 Å². The molecule has 1 aromatic heterocycles. The molecule has 1 amide bonds. The van der Waals surface area contributed by atoms with E-state index in [1.807, 2.05) is 36.1 Å². The number of amides is 1. The van der Waals surface area contributed by atoms with Gasteiger partial charge in [0.05, 0.1) is 6.20 Å². The second kappa shape index (κ2) is 7.23. The molecule has 26 heavy (non-hydrogen) atoms. The van der Waals surface area contributed by atoms with Gasteiger partial charge in [-0.2, -0.15) is 0 Å². The molecule has 6 heteroatoms. The van der Waals surface area contributed by atoms with E-state index >= 15 is 0 Å². The minimum atomic E-state index is 0.0410. The predicted molar refractivity (Wildman–Crippen MR) is 96.0 cm³/mol. The summed E-state index contributed by atoms with van der Waals surface area (Å²) >= 11 is 0. The first-order valence-corrected chi connectivity index (χ1v) is 8.97. The van der Waals surface area contributed by atoms with E-state index in [9.17, 15) is 4.79 Å². The molecule has 0 spiro atoms. The number of carbonyl (C=O) groups is 1. The number of piperidine rings is 1. The minimum Gasteiger partial charge on any atom is -0.489 e. The van der Waals surface area contributed by atoms with Gasteiger partial charge < -0.3 is 19.1 Å². The van der Waals surface area contributed by atoms with Crippen LogP contribution >= 0.6 is 0 Å². The molecule has 4 rings (SSSR count). The van der Waals surface area contributed by atoms with Gasteiger partial charge in [-0.15, -0.1) is 0 Å². The number of fused-ring (bicyclic) bond motifs is 1. The Balaban J connectivity index is 1.41. The average molecular weight is 354 g/mol. The van der Waals surface area contributed by atoms with Crippen molar-refractivity contribution in [1.29, 1.82) is 0 Å². The summed E-state index contributed by atoms with van der Waals surface area (Å²) in [7, 11) is 0. The molecule has 0 atom stereocenters. The number of aryl methyl sites for hydroxylation is 1. The summed E-state index contributed by atoms with van der Waals surface area (Å²) in [4.78, 5) is 18.9. The number of pyridine rings is 1. The number of carbonyl (C=O) groups excluding carboxylic acids is 1. The molecule has 0 saturated carbocycles. The summed E-state index contributed by atoms with van der Waals surface area (Å²) in [6.45, 7) is 4.35. The zero-order chi connectivity index (χ0) is 17.9. The van der Waals surface area contributed by atoms with Gasteiger partial charge in [-0.25, -0.2) is 0 Å². The van der Waals surface area contributed by atoms with Crippen molar-refractivity contribution in [3.05, 3.63) is 47.8 Å². The number of benzene rings is 1. The van der Waals surface area contributed by atoms with E-state index in [-0.39, 0.29) is 12.0 Å². The minimum absolute atomic E-state index is 0.0410. The predicted octanol–water partition coefficient (Wildman–Crippen LogP) is 2.84. The highest BCUT2D eigenvalue weighted by molar-refractivity contribution is 5.96. The van der Waals surface area contributed by atoms with E-state index in [0.29, 0.717) is 43.4 Å². The molecular formula is C20H22N2O4. The normalized spacial score (nSPS) is 17.0. The molecule has 1 aromatic carbocycles. The van der Waals surface area contributed by atoms with Crippen LogP contribution in [0.25, 0.3) is 0 Å². The van der Waals surface area contributed by atoms with E-state index in [1.165, 1.54) is 0 Å². The van der Waals surface area contributed by atoms with Gasteiger partial charge in [0.15, 0.2) is 11.5 Å². The summed E-state index contributed by atoms with van der Waals surface area (Å²) < 4.78 is 17.2. The largest absolute Gasteiger partial charge is 0.489 e. The molecule has 1 fully saturated rings. The summed E-state index contributed by atoms with van der Waals surface area (Å²) in [5.74, 6) is 2.19. The Morgan fingerprint density at radius 1 is 1.19 bits per heavy atom. The lowest BCUT2D eigenvalue weighted by Gasteiger charge is -2.32. The highest BCUT2D eigenvalue weighted by Crippen LogP contribution is 2.33. The van der Waals surface area contributed by atoms with Crippen molar-refractivity contribution in [2.75, 3.05) is 26.3 Å². The fraction of sp³-hybridized carbons (Fsp3) is 0.400. The first-order valence-electron chi connectivity index (χ1n) is 8.97. The number of ether oxygens (including phenoxy) is 3. The fourth-order valence-corrected chi connectivity index (χ4v) is 3.38. The number of rotatable bonds is 3. The molecule has 0 unspecified atom stereocenters. The van der Waals surface area contributed by atoms with E-state index in [2.05, 4.69) is 4.98 Å². The van der Waals surface area contributed by atoms with Gasteiger partial charge in [0, 0.05) is 37.7 Å². The van der Waals surface area contributed by atoms with Crippen molar-refractivity contribution >= 4 is 5.91 Å². The third-order valence-corrected chi connectivity index (χ3v) is 4.79. The molecule has 136 valence electrons. The zero-order valence-corrected chi connectivity index (χ0v) is 14.8. The average Bonchev–Trinajstić information content (AvgIpc) is 2.68. The number of aromatic nitrogens is 1. The molecule has 0 radical (unpaired) electrons. The molecule has 3 heterocycles. The standard InChI is InChI=1S/C20H22N2O4/c1-14-11-18-19(25-10-9-24-18)12-17(14)20(23)22-7-4-15(5-8-22)26-16-3-2-6-21-13-16/h2-3,6,11-13,15H,4-5,7-10H2,1H3. The van der Waals surface area contributed by atoms with Gasteiger partial charge in [0.25, 0.3) is 5.91 Å². The third kappa shape index (κ3) is 3.45. The van der Waals surface area contributed by atoms with Crippen LogP contribution in [0.4, 0.5) is 0 Å². The third-order valence-electron chi connectivity index (χ3n) is 4.79. The van der Waals surface area contributed by atoms with Crippen molar-refractivity contribution in [3.8, 4) is 17.2 Å². The van der Waals surface area contributed by atoms with Crippen LogP contribution in [0.5, 0.6) is 17.2 Å². The van der Waals surface area contributed by atoms with Crippen LogP contribution in [0.15, 0.2) is 36.7 Å². The monoisotopic (exact) mass is 354 g/mol. The summed E-state index contributed by atoms with van der Waals surface area (Å²) in [6, 6.07) is 7.46. The quantitative estimate of drug-likeness (QED) is 0.848. The van der Waals surface area contributed by atoms with Crippen molar-refractivity contribution < 1.29 is 19.0 Å². The van der Waals surface area contributed by atoms with E-state index in [0.717, 1.165) is 24.2 Å². The van der Waals surface area contributed by atoms with Crippen molar-refractivity contribution in [2.45, 2.75) is 25.9 Å². The van der Waals surface area contributed by atoms with Crippen molar-refractivity contribution in [1.82, 2.24) is 9.88 Å². The Bertz CT molecular complexity index is 786. The molecule has 0 bridgehead atoms. The lowest BCUT2D eigenvalue weighted by molar-refractivity contribution is 0.0593. The highest BCUT2D eigenvalue weighted by Gasteiger charge is 2.27.